The van der Waals surface area contributed by atoms with Crippen molar-refractivity contribution in [1.29, 1.82) is 0 Å². The summed E-state index contributed by atoms with van der Waals surface area (Å²) in [6.07, 6.45) is -0.232. The maximum absolute atomic E-state index is 12.7. The van der Waals surface area contributed by atoms with Crippen LogP contribution in [0.1, 0.15) is 45.0 Å². The summed E-state index contributed by atoms with van der Waals surface area (Å²) < 4.78 is 34.2. The van der Waals surface area contributed by atoms with Gasteiger partial charge >= 0.3 is 17.9 Å². The first kappa shape index (κ1) is 29.0. The molecule has 3 rings (SSSR count). The van der Waals surface area contributed by atoms with Crippen LogP contribution < -0.4 is 5.32 Å². The highest BCUT2D eigenvalue weighted by atomic mass is 32.2. The van der Waals surface area contributed by atoms with E-state index in [0.717, 1.165) is 5.75 Å². The van der Waals surface area contributed by atoms with E-state index in [-0.39, 0.29) is 36.9 Å². The molecular weight excluding hydrogens is 502 g/mol. The summed E-state index contributed by atoms with van der Waals surface area (Å²) >= 11 is 1.58. The van der Waals surface area contributed by atoms with E-state index in [1.807, 2.05) is 20.8 Å². The van der Waals surface area contributed by atoms with Crippen molar-refractivity contribution in [3.63, 3.8) is 0 Å². The van der Waals surface area contributed by atoms with Crippen LogP contribution in [-0.2, 0) is 38.0 Å². The number of fused-ring (bicyclic) bond motifs is 1. The Balaban J connectivity index is 1.87. The highest BCUT2D eigenvalue weighted by Crippen LogP contribution is 2.43. The van der Waals surface area contributed by atoms with Gasteiger partial charge in [0.05, 0.1) is 24.8 Å². The smallest absolute Gasteiger partial charge is 0.347 e. The third-order valence-corrected chi connectivity index (χ3v) is 6.65. The van der Waals surface area contributed by atoms with Gasteiger partial charge < -0.3 is 33.7 Å². The largest absolute Gasteiger partial charge is 0.462 e. The summed E-state index contributed by atoms with van der Waals surface area (Å²) in [7, 11) is 0. The van der Waals surface area contributed by atoms with Crippen molar-refractivity contribution in [2.45, 2.75) is 70.2 Å². The Hall–Kier alpha value is -2.60. The van der Waals surface area contributed by atoms with Gasteiger partial charge in [-0.25, -0.2) is 14.4 Å². The molecule has 1 aromatic carbocycles. The lowest BCUT2D eigenvalue weighted by Gasteiger charge is -2.29. The second kappa shape index (κ2) is 13.3. The predicted molar refractivity (Wildman–Crippen MR) is 136 cm³/mol. The third-order valence-electron chi connectivity index (χ3n) is 5.61. The van der Waals surface area contributed by atoms with Crippen LogP contribution in [-0.4, -0.2) is 79.1 Å². The Morgan fingerprint density at radius 3 is 2.22 bits per heavy atom. The SMILES string of the molecule is CCOC(=O)C(=CN[C@@H](COC(=O)c1ccccc1)[C@H]1O[C@@H](SCC)[C@H]2OC(C)(C)O[C@@H]12)C(=O)OCC. The number of carbonyl (C=O) groups is 3. The van der Waals surface area contributed by atoms with Crippen molar-refractivity contribution in [2.75, 3.05) is 25.6 Å². The van der Waals surface area contributed by atoms with Gasteiger partial charge in [0.15, 0.2) is 11.4 Å². The van der Waals surface area contributed by atoms with Gasteiger partial charge in [0, 0.05) is 6.20 Å². The second-order valence-electron chi connectivity index (χ2n) is 8.73. The Bertz CT molecular complexity index is 948. The van der Waals surface area contributed by atoms with E-state index in [2.05, 4.69) is 5.32 Å². The van der Waals surface area contributed by atoms with Crippen LogP contribution in [0.15, 0.2) is 42.1 Å². The van der Waals surface area contributed by atoms with Gasteiger partial charge in [-0.05, 0) is 45.6 Å². The zero-order chi connectivity index (χ0) is 27.0. The van der Waals surface area contributed by atoms with Gasteiger partial charge in [0.25, 0.3) is 0 Å². The van der Waals surface area contributed by atoms with E-state index in [9.17, 15) is 14.4 Å². The molecule has 0 bridgehead atoms. The summed E-state index contributed by atoms with van der Waals surface area (Å²) in [6.45, 7) is 8.97. The first-order valence-electron chi connectivity index (χ1n) is 12.4. The van der Waals surface area contributed by atoms with E-state index in [4.69, 9.17) is 28.4 Å². The molecule has 0 amide bonds. The maximum atomic E-state index is 12.7. The average Bonchev–Trinajstić information content (AvgIpc) is 3.35. The molecule has 2 heterocycles. The fraction of sp³-hybridized carbons (Fsp3) is 0.577. The van der Waals surface area contributed by atoms with Crippen LogP contribution in [0.25, 0.3) is 0 Å². The lowest BCUT2D eigenvalue weighted by atomic mass is 10.0. The molecule has 2 saturated heterocycles. The van der Waals surface area contributed by atoms with Crippen molar-refractivity contribution in [3.8, 4) is 0 Å². The summed E-state index contributed by atoms with van der Waals surface area (Å²) in [5.41, 5.74) is -0.239. The lowest BCUT2D eigenvalue weighted by Crippen LogP contribution is -2.48. The topological polar surface area (TPSA) is 119 Å². The summed E-state index contributed by atoms with van der Waals surface area (Å²) in [5, 5.41) is 3.04. The van der Waals surface area contributed by atoms with Gasteiger partial charge in [-0.1, -0.05) is 25.1 Å². The number of hydrogen-bond donors (Lipinski definition) is 1. The van der Waals surface area contributed by atoms with Crippen LogP contribution in [0.4, 0.5) is 0 Å². The van der Waals surface area contributed by atoms with Crippen molar-refractivity contribution in [3.05, 3.63) is 47.7 Å². The van der Waals surface area contributed by atoms with Crippen LogP contribution >= 0.6 is 11.8 Å². The number of rotatable bonds is 12. The van der Waals surface area contributed by atoms with Crippen molar-refractivity contribution >= 4 is 29.7 Å². The third kappa shape index (κ3) is 7.47. The Labute approximate surface area is 221 Å². The standard InChI is InChI=1S/C26H35NO9S/c1-6-31-23(29)17(24(30)32-7-2)14-27-18(15-33-22(28)16-12-10-9-11-13-16)19-20-21(25(34-19)37-8-3)36-26(4,5)35-20/h9-14,18-21,25,27H,6-8,15H2,1-5H3/t18-,19+,20-,21-,25-/m0/s1. The second-order valence-corrected chi connectivity index (χ2v) is 10.1. The number of thioether (sulfide) groups is 1. The number of nitrogens with one attached hydrogen (secondary N) is 1. The Morgan fingerprint density at radius 2 is 1.62 bits per heavy atom. The molecule has 5 atom stereocenters. The van der Waals surface area contributed by atoms with Crippen molar-refractivity contribution < 1.29 is 42.8 Å². The fourth-order valence-electron chi connectivity index (χ4n) is 4.08. The van der Waals surface area contributed by atoms with Gasteiger partial charge in [0.2, 0.25) is 0 Å². The molecule has 2 aliphatic heterocycles. The van der Waals surface area contributed by atoms with Crippen molar-refractivity contribution in [1.82, 2.24) is 5.32 Å². The lowest BCUT2D eigenvalue weighted by molar-refractivity contribution is -0.181. The van der Waals surface area contributed by atoms with Crippen LogP contribution in [0.3, 0.4) is 0 Å². The van der Waals surface area contributed by atoms with Crippen LogP contribution in [0.2, 0.25) is 0 Å². The molecule has 2 fully saturated rings. The number of esters is 3. The zero-order valence-corrected chi connectivity index (χ0v) is 22.6. The first-order chi connectivity index (χ1) is 17.7. The number of benzene rings is 1. The molecule has 11 heteroatoms. The minimum atomic E-state index is -0.834. The minimum absolute atomic E-state index is 0.0827. The highest BCUT2D eigenvalue weighted by molar-refractivity contribution is 7.99. The summed E-state index contributed by atoms with van der Waals surface area (Å²) in [6, 6.07) is 7.88. The molecular formula is C26H35NO9S. The van der Waals surface area contributed by atoms with E-state index in [1.165, 1.54) is 6.20 Å². The molecule has 1 N–H and O–H groups in total. The molecule has 204 valence electrons. The fourth-order valence-corrected chi connectivity index (χ4v) is 5.02. The van der Waals surface area contributed by atoms with Gasteiger partial charge in [-0.15, -0.1) is 11.8 Å². The minimum Gasteiger partial charge on any atom is -0.462 e. The van der Waals surface area contributed by atoms with Crippen molar-refractivity contribution in [2.24, 2.45) is 0 Å². The van der Waals surface area contributed by atoms with Gasteiger partial charge in [-0.3, -0.25) is 0 Å². The molecule has 0 unspecified atom stereocenters. The van der Waals surface area contributed by atoms with E-state index in [1.54, 1.807) is 55.9 Å². The van der Waals surface area contributed by atoms with Gasteiger partial charge in [0.1, 0.15) is 30.4 Å². The Morgan fingerprint density at radius 1 is 1.00 bits per heavy atom. The van der Waals surface area contributed by atoms with E-state index in [0.29, 0.717) is 5.56 Å². The number of ether oxygens (including phenoxy) is 6. The van der Waals surface area contributed by atoms with E-state index < -0.39 is 41.9 Å². The normalized spacial score (nSPS) is 24.5. The average molecular weight is 538 g/mol. The summed E-state index contributed by atoms with van der Waals surface area (Å²) in [4.78, 5) is 37.6. The Kier molecular flexibility index (Phi) is 10.4. The quantitative estimate of drug-likeness (QED) is 0.139. The number of carbonyl (C=O) groups excluding carboxylic acids is 3. The molecule has 2 aliphatic rings. The molecule has 37 heavy (non-hydrogen) atoms. The van der Waals surface area contributed by atoms with Crippen LogP contribution in [0.5, 0.6) is 0 Å². The number of hydrogen-bond acceptors (Lipinski definition) is 11. The zero-order valence-electron chi connectivity index (χ0n) is 21.8. The summed E-state index contributed by atoms with van der Waals surface area (Å²) in [5.74, 6) is -2.22. The predicted octanol–water partition coefficient (Wildman–Crippen LogP) is 2.81. The highest BCUT2D eigenvalue weighted by Gasteiger charge is 2.57. The molecule has 0 spiro atoms. The first-order valence-corrected chi connectivity index (χ1v) is 13.4. The maximum Gasteiger partial charge on any atom is 0.347 e. The molecule has 10 nitrogen and oxygen atoms in total. The van der Waals surface area contributed by atoms with Gasteiger partial charge in [-0.2, -0.15) is 0 Å². The van der Waals surface area contributed by atoms with Crippen LogP contribution in [0, 0.1) is 0 Å². The molecule has 0 aliphatic carbocycles. The van der Waals surface area contributed by atoms with E-state index >= 15 is 0 Å². The monoisotopic (exact) mass is 537 g/mol. The molecule has 0 aromatic heterocycles. The molecule has 0 saturated carbocycles. The molecule has 1 aromatic rings. The molecule has 0 radical (unpaired) electrons.